The molecule has 34 heavy (non-hydrogen) atoms. The van der Waals surface area contributed by atoms with E-state index in [-0.39, 0.29) is 25.2 Å². The van der Waals surface area contributed by atoms with Crippen LogP contribution in [0.4, 0.5) is 0 Å². The first-order valence-electron chi connectivity index (χ1n) is 12.8. The molecular formula is C27H43NO6. The second-order valence-electron chi connectivity index (χ2n) is 9.61. The Balaban J connectivity index is 2.21. The Morgan fingerprint density at radius 1 is 1.15 bits per heavy atom. The molecule has 1 aromatic carbocycles. The molecule has 4 atom stereocenters. The number of aliphatic hydroxyl groups excluding tert-OH is 2. The summed E-state index contributed by atoms with van der Waals surface area (Å²) in [5, 5.41) is 19.3. The first-order valence-corrected chi connectivity index (χ1v) is 12.8. The molecule has 1 aliphatic heterocycles. The topological polar surface area (TPSA) is 96.3 Å². The first kappa shape index (κ1) is 28.1. The van der Waals surface area contributed by atoms with E-state index in [1.807, 2.05) is 19.1 Å². The zero-order chi connectivity index (χ0) is 24.9. The summed E-state index contributed by atoms with van der Waals surface area (Å²) in [6.45, 7) is 4.38. The van der Waals surface area contributed by atoms with Crippen molar-refractivity contribution in [2.24, 2.45) is 5.92 Å². The fourth-order valence-corrected chi connectivity index (χ4v) is 4.44. The van der Waals surface area contributed by atoms with E-state index in [4.69, 9.17) is 14.6 Å². The van der Waals surface area contributed by atoms with Gasteiger partial charge >= 0.3 is 5.97 Å². The Labute approximate surface area is 204 Å². The van der Waals surface area contributed by atoms with Crippen LogP contribution in [0.5, 0.6) is 5.75 Å². The van der Waals surface area contributed by atoms with E-state index in [0.717, 1.165) is 44.1 Å². The van der Waals surface area contributed by atoms with Crippen molar-refractivity contribution >= 4 is 11.9 Å². The SMILES string of the molecule is CCC[C@@H](O)CC1CC[C@H](C)CCCCC(=O)N(C)[C@@H](Cc2ccc(OCCO)cc2)C(=O)O1. The number of hydrogen-bond donors (Lipinski definition) is 2. The maximum absolute atomic E-state index is 13.4. The third-order valence-electron chi connectivity index (χ3n) is 6.60. The highest BCUT2D eigenvalue weighted by Crippen LogP contribution is 2.23. The van der Waals surface area contributed by atoms with Crippen LogP contribution in [0.3, 0.4) is 0 Å². The lowest BCUT2D eigenvalue weighted by Crippen LogP contribution is -2.46. The van der Waals surface area contributed by atoms with Crippen molar-refractivity contribution in [1.82, 2.24) is 4.90 Å². The molecule has 1 amide bonds. The Morgan fingerprint density at radius 2 is 1.88 bits per heavy atom. The second kappa shape index (κ2) is 15.0. The molecule has 7 heteroatoms. The van der Waals surface area contributed by atoms with Gasteiger partial charge in [0.25, 0.3) is 0 Å². The molecular weight excluding hydrogens is 434 g/mol. The minimum absolute atomic E-state index is 0.0562. The predicted molar refractivity (Wildman–Crippen MR) is 132 cm³/mol. The summed E-state index contributed by atoms with van der Waals surface area (Å²) >= 11 is 0. The van der Waals surface area contributed by atoms with Crippen LogP contribution < -0.4 is 4.74 Å². The summed E-state index contributed by atoms with van der Waals surface area (Å²) in [7, 11) is 1.68. The standard InChI is InChI=1S/C27H43NO6/c1-4-7-22(30)19-24-13-10-20(2)8-5-6-9-26(31)28(3)25(27(32)34-24)18-21-11-14-23(15-12-21)33-17-16-29/h11-12,14-15,20,22,24-25,29-30H,4-10,13,16-19H2,1-3H3/t20-,22-,24?,25+/m1/s1. The highest BCUT2D eigenvalue weighted by Gasteiger charge is 2.31. The van der Waals surface area contributed by atoms with E-state index in [0.29, 0.717) is 37.4 Å². The third kappa shape index (κ3) is 9.63. The van der Waals surface area contributed by atoms with Crippen molar-refractivity contribution in [1.29, 1.82) is 0 Å². The lowest BCUT2D eigenvalue weighted by atomic mass is 9.94. The van der Waals surface area contributed by atoms with Gasteiger partial charge < -0.3 is 24.6 Å². The van der Waals surface area contributed by atoms with Gasteiger partial charge in [-0.15, -0.1) is 0 Å². The number of hydrogen-bond acceptors (Lipinski definition) is 6. The molecule has 2 N–H and O–H groups in total. The fourth-order valence-electron chi connectivity index (χ4n) is 4.44. The number of amides is 1. The number of cyclic esters (lactones) is 1. The number of ether oxygens (including phenoxy) is 2. The van der Waals surface area contributed by atoms with E-state index in [9.17, 15) is 14.7 Å². The Hall–Kier alpha value is -2.12. The Bertz CT molecular complexity index is 737. The van der Waals surface area contributed by atoms with Crippen LogP contribution in [0.1, 0.15) is 77.2 Å². The predicted octanol–water partition coefficient (Wildman–Crippen LogP) is 3.88. The van der Waals surface area contributed by atoms with Crippen LogP contribution in [0.15, 0.2) is 24.3 Å². The average molecular weight is 478 g/mol. The van der Waals surface area contributed by atoms with Crippen molar-refractivity contribution < 1.29 is 29.3 Å². The van der Waals surface area contributed by atoms with Crippen LogP contribution in [0.2, 0.25) is 0 Å². The maximum Gasteiger partial charge on any atom is 0.329 e. The summed E-state index contributed by atoms with van der Waals surface area (Å²) < 4.78 is 11.4. The summed E-state index contributed by atoms with van der Waals surface area (Å²) in [5.74, 6) is 0.649. The molecule has 1 saturated heterocycles. The van der Waals surface area contributed by atoms with E-state index >= 15 is 0 Å². The molecule has 1 heterocycles. The summed E-state index contributed by atoms with van der Waals surface area (Å²) in [6.07, 6.45) is 6.35. The number of carbonyl (C=O) groups is 2. The van der Waals surface area contributed by atoms with E-state index in [1.54, 1.807) is 19.2 Å². The highest BCUT2D eigenvalue weighted by molar-refractivity contribution is 5.84. The lowest BCUT2D eigenvalue weighted by Gasteiger charge is -2.29. The van der Waals surface area contributed by atoms with E-state index in [1.165, 1.54) is 4.90 Å². The molecule has 7 nitrogen and oxygen atoms in total. The zero-order valence-electron chi connectivity index (χ0n) is 21.1. The number of likely N-dealkylation sites (N-methyl/N-ethyl adjacent to an activating group) is 1. The van der Waals surface area contributed by atoms with Crippen LogP contribution >= 0.6 is 0 Å². The first-order chi connectivity index (χ1) is 16.3. The second-order valence-corrected chi connectivity index (χ2v) is 9.61. The van der Waals surface area contributed by atoms with Crippen molar-refractivity contribution in [3.8, 4) is 5.75 Å². The minimum atomic E-state index is -0.735. The molecule has 0 spiro atoms. The van der Waals surface area contributed by atoms with Gasteiger partial charge in [-0.05, 0) is 49.3 Å². The molecule has 192 valence electrons. The molecule has 1 fully saturated rings. The van der Waals surface area contributed by atoms with Gasteiger partial charge in [0.05, 0.1) is 12.7 Å². The van der Waals surface area contributed by atoms with Crippen molar-refractivity contribution in [3.63, 3.8) is 0 Å². The number of rotatable bonds is 9. The molecule has 0 saturated carbocycles. The minimum Gasteiger partial charge on any atom is -0.491 e. The average Bonchev–Trinajstić information content (AvgIpc) is 2.82. The van der Waals surface area contributed by atoms with Crippen molar-refractivity contribution in [3.05, 3.63) is 29.8 Å². The highest BCUT2D eigenvalue weighted by atomic mass is 16.5. The van der Waals surface area contributed by atoms with Gasteiger partial charge in [0, 0.05) is 26.3 Å². The Morgan fingerprint density at radius 3 is 2.56 bits per heavy atom. The quantitative estimate of drug-likeness (QED) is 0.524. The third-order valence-corrected chi connectivity index (χ3v) is 6.60. The molecule has 1 aromatic rings. The molecule has 1 aliphatic rings. The molecule has 0 aromatic heterocycles. The smallest absolute Gasteiger partial charge is 0.329 e. The number of benzene rings is 1. The van der Waals surface area contributed by atoms with Gasteiger partial charge in [0.1, 0.15) is 24.5 Å². The van der Waals surface area contributed by atoms with Gasteiger partial charge in [-0.3, -0.25) is 4.79 Å². The van der Waals surface area contributed by atoms with Crippen molar-refractivity contribution in [2.45, 2.75) is 96.3 Å². The number of esters is 1. The van der Waals surface area contributed by atoms with Crippen LogP contribution in [-0.2, 0) is 20.7 Å². The summed E-state index contributed by atoms with van der Waals surface area (Å²) in [4.78, 5) is 27.8. The molecule has 1 unspecified atom stereocenters. The molecule has 0 aliphatic carbocycles. The zero-order valence-corrected chi connectivity index (χ0v) is 21.1. The maximum atomic E-state index is 13.4. The molecule has 0 radical (unpaired) electrons. The van der Waals surface area contributed by atoms with Gasteiger partial charge in [-0.2, -0.15) is 0 Å². The molecule has 2 rings (SSSR count). The van der Waals surface area contributed by atoms with Gasteiger partial charge in [-0.1, -0.05) is 45.2 Å². The summed E-state index contributed by atoms with van der Waals surface area (Å²) in [5.41, 5.74) is 0.887. The van der Waals surface area contributed by atoms with Crippen LogP contribution in [0.25, 0.3) is 0 Å². The fraction of sp³-hybridized carbons (Fsp3) is 0.704. The van der Waals surface area contributed by atoms with Crippen LogP contribution in [-0.4, -0.2) is 65.5 Å². The Kier molecular flexibility index (Phi) is 12.4. The number of nitrogens with zero attached hydrogens (tertiary/aromatic N) is 1. The number of carbonyl (C=O) groups excluding carboxylic acids is 2. The van der Waals surface area contributed by atoms with Crippen molar-refractivity contribution in [2.75, 3.05) is 20.3 Å². The molecule has 0 bridgehead atoms. The van der Waals surface area contributed by atoms with Crippen LogP contribution in [0, 0.1) is 5.92 Å². The summed E-state index contributed by atoms with van der Waals surface area (Å²) in [6, 6.07) is 6.58. The largest absolute Gasteiger partial charge is 0.491 e. The monoisotopic (exact) mass is 477 g/mol. The lowest BCUT2D eigenvalue weighted by molar-refractivity contribution is -0.160. The van der Waals surface area contributed by atoms with Gasteiger partial charge in [0.2, 0.25) is 5.91 Å². The normalized spacial score (nSPS) is 23.9. The number of aliphatic hydroxyl groups is 2. The van der Waals surface area contributed by atoms with Gasteiger partial charge in [0.15, 0.2) is 0 Å². The van der Waals surface area contributed by atoms with Gasteiger partial charge in [-0.25, -0.2) is 4.79 Å². The van der Waals surface area contributed by atoms with E-state index < -0.39 is 18.1 Å². The van der Waals surface area contributed by atoms with E-state index in [2.05, 4.69) is 6.92 Å².